The molecular formula is C16H23ClN2O5S. The van der Waals surface area contributed by atoms with Crippen LogP contribution in [0.3, 0.4) is 0 Å². The zero-order valence-electron chi connectivity index (χ0n) is 14.2. The molecule has 140 valence electrons. The summed E-state index contributed by atoms with van der Waals surface area (Å²) in [5.74, 6) is 0.141. The van der Waals surface area contributed by atoms with Crippen LogP contribution in [0.2, 0.25) is 5.02 Å². The molecule has 7 nitrogen and oxygen atoms in total. The lowest BCUT2D eigenvalue weighted by Gasteiger charge is -2.30. The molecule has 1 heterocycles. The average Bonchev–Trinajstić information content (AvgIpc) is 2.56. The summed E-state index contributed by atoms with van der Waals surface area (Å²) in [5, 5.41) is 11.9. The summed E-state index contributed by atoms with van der Waals surface area (Å²) in [4.78, 5) is 12.0. The molecule has 1 fully saturated rings. The van der Waals surface area contributed by atoms with Gasteiger partial charge in [-0.2, -0.15) is 0 Å². The second kappa shape index (κ2) is 8.35. The Kier molecular flexibility index (Phi) is 6.67. The summed E-state index contributed by atoms with van der Waals surface area (Å²) in [6.07, 6.45) is 2.25. The van der Waals surface area contributed by atoms with Gasteiger partial charge in [0.15, 0.2) is 0 Å². The van der Waals surface area contributed by atoms with Crippen LogP contribution in [0.5, 0.6) is 5.75 Å². The molecule has 0 radical (unpaired) electrons. The highest BCUT2D eigenvalue weighted by atomic mass is 35.5. The van der Waals surface area contributed by atoms with Crippen molar-refractivity contribution in [3.63, 3.8) is 0 Å². The van der Waals surface area contributed by atoms with Gasteiger partial charge in [0, 0.05) is 24.7 Å². The maximum Gasteiger partial charge on any atom is 0.251 e. The lowest BCUT2D eigenvalue weighted by atomic mass is 10.1. The first-order chi connectivity index (χ1) is 11.7. The van der Waals surface area contributed by atoms with Crippen LogP contribution in [0.15, 0.2) is 18.2 Å². The molecular weight excluding hydrogens is 368 g/mol. The summed E-state index contributed by atoms with van der Waals surface area (Å²) in [7, 11) is -3.17. The molecule has 1 aromatic rings. The molecule has 1 aliphatic rings. The van der Waals surface area contributed by atoms with Crippen LogP contribution in [0.1, 0.15) is 30.1 Å². The average molecular weight is 391 g/mol. The van der Waals surface area contributed by atoms with E-state index < -0.39 is 10.0 Å². The maximum absolute atomic E-state index is 12.0. The fourth-order valence-corrected chi connectivity index (χ4v) is 3.65. The quantitative estimate of drug-likeness (QED) is 0.762. The molecule has 1 amide bonds. The summed E-state index contributed by atoms with van der Waals surface area (Å²) >= 11 is 6.20. The van der Waals surface area contributed by atoms with Crippen molar-refractivity contribution in [1.82, 2.24) is 9.62 Å². The van der Waals surface area contributed by atoms with E-state index in [9.17, 15) is 13.2 Å². The Balaban J connectivity index is 1.97. The first-order valence-corrected chi connectivity index (χ1v) is 10.3. The standard InChI is InChI=1S/C16H23ClN2O5S/c1-11(10-20)18-16(21)12-3-4-15(14(17)9-12)24-13-5-7-19(8-6-13)25(2,22)23/h3-4,9,11,13,20H,5-8,10H2,1-2H3,(H,18,21). The van der Waals surface area contributed by atoms with Gasteiger partial charge in [-0.1, -0.05) is 11.6 Å². The summed E-state index contributed by atoms with van der Waals surface area (Å²) in [6.45, 7) is 2.38. The predicted molar refractivity (Wildman–Crippen MR) is 95.5 cm³/mol. The molecule has 1 aliphatic heterocycles. The van der Waals surface area contributed by atoms with Crippen LogP contribution >= 0.6 is 11.6 Å². The highest BCUT2D eigenvalue weighted by molar-refractivity contribution is 7.88. The minimum Gasteiger partial charge on any atom is -0.489 e. The van der Waals surface area contributed by atoms with E-state index in [0.717, 1.165) is 0 Å². The van der Waals surface area contributed by atoms with E-state index in [1.807, 2.05) is 0 Å². The van der Waals surface area contributed by atoms with Crippen LogP contribution in [0.25, 0.3) is 0 Å². The van der Waals surface area contributed by atoms with Crippen molar-refractivity contribution in [2.24, 2.45) is 0 Å². The number of aliphatic hydroxyl groups is 1. The van der Waals surface area contributed by atoms with Gasteiger partial charge in [0.25, 0.3) is 5.91 Å². The van der Waals surface area contributed by atoms with Gasteiger partial charge in [0.1, 0.15) is 11.9 Å². The van der Waals surface area contributed by atoms with Crippen LogP contribution in [-0.4, -0.2) is 61.8 Å². The van der Waals surface area contributed by atoms with Crippen molar-refractivity contribution in [2.75, 3.05) is 26.0 Å². The van der Waals surface area contributed by atoms with Crippen molar-refractivity contribution >= 4 is 27.5 Å². The van der Waals surface area contributed by atoms with E-state index in [4.69, 9.17) is 21.4 Å². The molecule has 0 aromatic heterocycles. The second-order valence-corrected chi connectivity index (χ2v) is 8.57. The Labute approximate surface area is 153 Å². The molecule has 1 atom stereocenters. The number of nitrogens with zero attached hydrogens (tertiary/aromatic N) is 1. The molecule has 0 bridgehead atoms. The largest absolute Gasteiger partial charge is 0.489 e. The predicted octanol–water partition coefficient (Wildman–Crippen LogP) is 1.25. The number of benzene rings is 1. The van der Waals surface area contributed by atoms with Crippen LogP contribution in [0.4, 0.5) is 0 Å². The normalized spacial score (nSPS) is 17.9. The third-order valence-electron chi connectivity index (χ3n) is 4.01. The number of rotatable bonds is 6. The van der Waals surface area contributed by atoms with Crippen LogP contribution in [-0.2, 0) is 10.0 Å². The number of hydrogen-bond acceptors (Lipinski definition) is 5. The molecule has 9 heteroatoms. The lowest BCUT2D eigenvalue weighted by Crippen LogP contribution is -2.41. The highest BCUT2D eigenvalue weighted by Gasteiger charge is 2.26. The second-order valence-electron chi connectivity index (χ2n) is 6.18. The van der Waals surface area contributed by atoms with E-state index in [1.165, 1.54) is 16.6 Å². The lowest BCUT2D eigenvalue weighted by molar-refractivity contribution is 0.0922. The monoisotopic (exact) mass is 390 g/mol. The number of carbonyl (C=O) groups excluding carboxylic acids is 1. The fraction of sp³-hybridized carbons (Fsp3) is 0.562. The highest BCUT2D eigenvalue weighted by Crippen LogP contribution is 2.28. The molecule has 0 spiro atoms. The Hall–Kier alpha value is -1.35. The zero-order chi connectivity index (χ0) is 18.6. The fourth-order valence-electron chi connectivity index (χ4n) is 2.55. The molecule has 1 unspecified atom stereocenters. The van der Waals surface area contributed by atoms with Crippen molar-refractivity contribution in [1.29, 1.82) is 0 Å². The van der Waals surface area contributed by atoms with Gasteiger partial charge in [0.2, 0.25) is 10.0 Å². The Morgan fingerprint density at radius 2 is 2.08 bits per heavy atom. The zero-order valence-corrected chi connectivity index (χ0v) is 15.8. The van der Waals surface area contributed by atoms with Gasteiger partial charge in [-0.3, -0.25) is 4.79 Å². The van der Waals surface area contributed by atoms with Gasteiger partial charge in [-0.15, -0.1) is 0 Å². The number of nitrogens with one attached hydrogen (secondary N) is 1. The first kappa shape index (κ1) is 20.0. The number of carbonyl (C=O) groups is 1. The third-order valence-corrected chi connectivity index (χ3v) is 5.61. The topological polar surface area (TPSA) is 95.9 Å². The molecule has 25 heavy (non-hydrogen) atoms. The van der Waals surface area contributed by atoms with E-state index in [1.54, 1.807) is 19.1 Å². The van der Waals surface area contributed by atoms with E-state index >= 15 is 0 Å². The summed E-state index contributed by atoms with van der Waals surface area (Å²) in [6, 6.07) is 4.40. The van der Waals surface area contributed by atoms with E-state index in [-0.39, 0.29) is 24.7 Å². The molecule has 0 aliphatic carbocycles. The molecule has 2 N–H and O–H groups in total. The van der Waals surface area contributed by atoms with Crippen LogP contribution < -0.4 is 10.1 Å². The van der Waals surface area contributed by atoms with Gasteiger partial charge < -0.3 is 15.2 Å². The van der Waals surface area contributed by atoms with Crippen molar-refractivity contribution in [2.45, 2.75) is 31.9 Å². The van der Waals surface area contributed by atoms with Crippen molar-refractivity contribution < 1.29 is 23.1 Å². The van der Waals surface area contributed by atoms with Gasteiger partial charge in [-0.05, 0) is 38.0 Å². The number of hydrogen-bond donors (Lipinski definition) is 2. The number of ether oxygens (including phenoxy) is 1. The minimum absolute atomic E-state index is 0.121. The van der Waals surface area contributed by atoms with Crippen molar-refractivity contribution in [3.05, 3.63) is 28.8 Å². The summed E-state index contributed by atoms with van der Waals surface area (Å²) < 4.78 is 30.3. The minimum atomic E-state index is -3.17. The number of aliphatic hydroxyl groups excluding tert-OH is 1. The van der Waals surface area contributed by atoms with E-state index in [2.05, 4.69) is 5.32 Å². The van der Waals surface area contributed by atoms with E-state index in [0.29, 0.717) is 42.3 Å². The SMILES string of the molecule is CC(CO)NC(=O)c1ccc(OC2CCN(S(C)(=O)=O)CC2)c(Cl)c1. The van der Waals surface area contributed by atoms with Gasteiger partial charge >= 0.3 is 0 Å². The number of piperidine rings is 1. The number of halogens is 1. The molecule has 0 saturated carbocycles. The van der Waals surface area contributed by atoms with Gasteiger partial charge in [-0.25, -0.2) is 12.7 Å². The van der Waals surface area contributed by atoms with Gasteiger partial charge in [0.05, 0.1) is 17.9 Å². The smallest absolute Gasteiger partial charge is 0.251 e. The Morgan fingerprint density at radius 1 is 1.44 bits per heavy atom. The molecule has 1 saturated heterocycles. The third kappa shape index (κ3) is 5.57. The summed E-state index contributed by atoms with van der Waals surface area (Å²) in [5.41, 5.74) is 0.379. The Morgan fingerprint density at radius 3 is 2.60 bits per heavy atom. The molecule has 1 aromatic carbocycles. The van der Waals surface area contributed by atoms with Crippen molar-refractivity contribution in [3.8, 4) is 5.75 Å². The maximum atomic E-state index is 12.0. The molecule has 2 rings (SSSR count). The first-order valence-electron chi connectivity index (χ1n) is 8.03. The van der Waals surface area contributed by atoms with Crippen LogP contribution in [0, 0.1) is 0 Å². The number of sulfonamides is 1. The Bertz CT molecular complexity index is 717. The number of amides is 1.